The number of carbonyl (C=O) groups is 2. The molecule has 1 atom stereocenters. The zero-order valence-electron chi connectivity index (χ0n) is 29.9. The summed E-state index contributed by atoms with van der Waals surface area (Å²) in [6.45, 7) is 13.0. The molecule has 50 heavy (non-hydrogen) atoms. The van der Waals surface area contributed by atoms with Crippen molar-refractivity contribution >= 4 is 42.9 Å². The van der Waals surface area contributed by atoms with Crippen LogP contribution in [-0.2, 0) is 40.0 Å². The van der Waals surface area contributed by atoms with Gasteiger partial charge in [0.1, 0.15) is 4.90 Å². The molecule has 0 heterocycles. The first-order valence-electron chi connectivity index (χ1n) is 16.7. The minimum atomic E-state index is -4.91. The summed E-state index contributed by atoms with van der Waals surface area (Å²) in [6, 6.07) is 5.24. The van der Waals surface area contributed by atoms with Crippen LogP contribution in [0.25, 0.3) is 10.8 Å². The van der Waals surface area contributed by atoms with Crippen LogP contribution in [0.4, 0.5) is 0 Å². The number of ether oxygens (including phenoxy) is 1. The Kier molecular flexibility index (Phi) is 16.0. The van der Waals surface area contributed by atoms with Crippen LogP contribution in [0.1, 0.15) is 96.6 Å². The van der Waals surface area contributed by atoms with Crippen molar-refractivity contribution in [3.8, 4) is 0 Å². The number of unbranched alkanes of at least 4 members (excludes halogenated alkanes) is 5. The zero-order chi connectivity index (χ0) is 37.7. The third-order valence-electron chi connectivity index (χ3n) is 8.75. The SMILES string of the molecule is C=C/C(=C\C)N(/C=C/C=C/C(=C\CCCCC)C(C)(CCCCCC(=O)OC)c1c(C)ccc2c(S(=O)(=O)O)cc(S(=O)(=O)O)cc12)C(C)=O. The van der Waals surface area contributed by atoms with Crippen LogP contribution < -0.4 is 0 Å². The Morgan fingerprint density at radius 3 is 2.24 bits per heavy atom. The van der Waals surface area contributed by atoms with E-state index in [2.05, 4.69) is 19.6 Å². The Labute approximate surface area is 297 Å². The molecular formula is C38H51NO9S2. The minimum absolute atomic E-state index is 0.104. The van der Waals surface area contributed by atoms with E-state index in [-0.39, 0.29) is 29.1 Å². The summed E-state index contributed by atoms with van der Waals surface area (Å²) in [5, 5.41) is 0.353. The summed E-state index contributed by atoms with van der Waals surface area (Å²) in [5.74, 6) is -0.512. The van der Waals surface area contributed by atoms with Crippen molar-refractivity contribution in [2.75, 3.05) is 7.11 Å². The number of rotatable bonds is 19. The predicted molar refractivity (Wildman–Crippen MR) is 198 cm³/mol. The van der Waals surface area contributed by atoms with Crippen LogP contribution in [0.15, 0.2) is 94.6 Å². The standard InChI is InChI=1S/C38H51NO9S2/c1-8-11-12-14-19-30(20-16-18-25-39(29(5)40)31(9-2)10-3)38(6,24-17-13-15-21-36(41)48-7)37-28(4)22-23-33-34(37)26-32(49(42,43)44)27-35(33)50(45,46)47/h9-10,16,18-20,22-23,25-27H,2,8,11-15,17,21,24H2,1,3-7H3,(H,42,43,44)(H,45,46,47)/b20-16+,25-18+,30-19+,31-10+. The summed E-state index contributed by atoms with van der Waals surface area (Å²) in [4.78, 5) is 24.3. The van der Waals surface area contributed by atoms with Crippen LogP contribution in [0.5, 0.6) is 0 Å². The van der Waals surface area contributed by atoms with E-state index in [9.17, 15) is 35.5 Å². The molecule has 1 amide bonds. The molecule has 10 nitrogen and oxygen atoms in total. The van der Waals surface area contributed by atoms with Crippen molar-refractivity contribution in [1.29, 1.82) is 0 Å². The van der Waals surface area contributed by atoms with Gasteiger partial charge in [-0.2, -0.15) is 16.8 Å². The lowest BCUT2D eigenvalue weighted by atomic mass is 9.68. The van der Waals surface area contributed by atoms with Gasteiger partial charge in [0, 0.05) is 36.0 Å². The lowest BCUT2D eigenvalue weighted by Gasteiger charge is -2.35. The zero-order valence-corrected chi connectivity index (χ0v) is 31.6. The highest BCUT2D eigenvalue weighted by atomic mass is 32.2. The molecule has 0 aliphatic carbocycles. The van der Waals surface area contributed by atoms with Gasteiger partial charge >= 0.3 is 5.97 Å². The molecule has 0 radical (unpaired) electrons. The number of hydrogen-bond acceptors (Lipinski definition) is 7. The molecule has 2 N–H and O–H groups in total. The van der Waals surface area contributed by atoms with E-state index < -0.39 is 35.4 Å². The number of fused-ring (bicyclic) bond motifs is 1. The first-order valence-corrected chi connectivity index (χ1v) is 19.6. The molecule has 0 spiro atoms. The maximum atomic E-state index is 12.6. The van der Waals surface area contributed by atoms with Crippen LogP contribution in [0.3, 0.4) is 0 Å². The summed E-state index contributed by atoms with van der Waals surface area (Å²) in [7, 11) is -8.44. The van der Waals surface area contributed by atoms with Gasteiger partial charge in [0.2, 0.25) is 5.91 Å². The number of allylic oxidation sites excluding steroid dienone is 7. The fourth-order valence-corrected chi connectivity index (χ4v) is 7.51. The second kappa shape index (κ2) is 19.0. The maximum absolute atomic E-state index is 12.6. The van der Waals surface area contributed by atoms with Gasteiger partial charge in [0.15, 0.2) is 0 Å². The molecule has 12 heteroatoms. The number of hydrogen-bond donors (Lipinski definition) is 2. The van der Waals surface area contributed by atoms with Gasteiger partial charge < -0.3 is 4.74 Å². The molecule has 0 fully saturated rings. The van der Waals surface area contributed by atoms with Gasteiger partial charge in [0.25, 0.3) is 20.2 Å². The van der Waals surface area contributed by atoms with E-state index in [1.165, 1.54) is 31.1 Å². The minimum Gasteiger partial charge on any atom is -0.469 e. The predicted octanol–water partition coefficient (Wildman–Crippen LogP) is 8.54. The molecule has 0 bridgehead atoms. The third kappa shape index (κ3) is 11.3. The second-order valence-electron chi connectivity index (χ2n) is 12.4. The molecule has 0 saturated carbocycles. The molecular weight excluding hydrogens is 679 g/mol. The number of methoxy groups -OCH3 is 1. The second-order valence-corrected chi connectivity index (χ2v) is 15.2. The van der Waals surface area contributed by atoms with Crippen LogP contribution in [0, 0.1) is 6.92 Å². The number of nitrogens with zero attached hydrogens (tertiary/aromatic N) is 1. The molecule has 0 aromatic heterocycles. The monoisotopic (exact) mass is 729 g/mol. The molecule has 2 aromatic rings. The highest BCUT2D eigenvalue weighted by molar-refractivity contribution is 7.86. The van der Waals surface area contributed by atoms with Gasteiger partial charge in [-0.1, -0.05) is 82.5 Å². The number of benzene rings is 2. The Bertz CT molecular complexity index is 1890. The van der Waals surface area contributed by atoms with Crippen molar-refractivity contribution in [2.24, 2.45) is 0 Å². The lowest BCUT2D eigenvalue weighted by Crippen LogP contribution is -2.26. The Morgan fingerprint density at radius 2 is 1.68 bits per heavy atom. The Hall–Kier alpha value is -3.84. The van der Waals surface area contributed by atoms with Crippen LogP contribution in [-0.4, -0.2) is 49.8 Å². The fraction of sp³-hybridized carbons (Fsp3) is 0.421. The number of carbonyl (C=O) groups excluding carboxylic acids is 2. The van der Waals surface area contributed by atoms with E-state index in [0.717, 1.165) is 42.9 Å². The average Bonchev–Trinajstić information content (AvgIpc) is 3.04. The van der Waals surface area contributed by atoms with E-state index in [0.29, 0.717) is 36.9 Å². The fourth-order valence-electron chi connectivity index (χ4n) is 6.17. The van der Waals surface area contributed by atoms with Crippen molar-refractivity contribution in [3.63, 3.8) is 0 Å². The smallest absolute Gasteiger partial charge is 0.305 e. The van der Waals surface area contributed by atoms with Gasteiger partial charge in [-0.3, -0.25) is 23.6 Å². The third-order valence-corrected chi connectivity index (χ3v) is 10.5. The van der Waals surface area contributed by atoms with Crippen molar-refractivity contribution < 1.29 is 40.3 Å². The molecule has 0 saturated heterocycles. The highest BCUT2D eigenvalue weighted by Gasteiger charge is 2.34. The first kappa shape index (κ1) is 42.3. The Balaban J connectivity index is 2.96. The van der Waals surface area contributed by atoms with Crippen molar-refractivity contribution in [2.45, 2.75) is 108 Å². The lowest BCUT2D eigenvalue weighted by molar-refractivity contribution is -0.140. The van der Waals surface area contributed by atoms with Gasteiger partial charge in [-0.05, 0) is 85.9 Å². The molecule has 2 aromatic carbocycles. The van der Waals surface area contributed by atoms with E-state index >= 15 is 0 Å². The molecule has 2 rings (SSSR count). The van der Waals surface area contributed by atoms with Crippen molar-refractivity contribution in [3.05, 3.63) is 95.9 Å². The molecule has 1 unspecified atom stereocenters. The summed E-state index contributed by atoms with van der Waals surface area (Å²) in [6.07, 6.45) is 18.9. The van der Waals surface area contributed by atoms with Gasteiger partial charge in [-0.25, -0.2) is 0 Å². The van der Waals surface area contributed by atoms with E-state index in [1.54, 1.807) is 43.5 Å². The topological polar surface area (TPSA) is 155 Å². The first-order chi connectivity index (χ1) is 23.5. The van der Waals surface area contributed by atoms with Crippen LogP contribution >= 0.6 is 0 Å². The largest absolute Gasteiger partial charge is 0.469 e. The van der Waals surface area contributed by atoms with E-state index in [1.807, 2.05) is 19.9 Å². The molecule has 0 aliphatic rings. The average molecular weight is 730 g/mol. The van der Waals surface area contributed by atoms with E-state index in [4.69, 9.17) is 4.74 Å². The summed E-state index contributed by atoms with van der Waals surface area (Å²) >= 11 is 0. The molecule has 274 valence electrons. The number of amides is 1. The maximum Gasteiger partial charge on any atom is 0.305 e. The highest BCUT2D eigenvalue weighted by Crippen LogP contribution is 2.45. The number of aryl methyl sites for hydroxylation is 1. The van der Waals surface area contributed by atoms with Crippen LogP contribution in [0.2, 0.25) is 0 Å². The number of esters is 1. The quantitative estimate of drug-likeness (QED) is 0.0626. The van der Waals surface area contributed by atoms with Crippen molar-refractivity contribution in [1.82, 2.24) is 4.90 Å². The Morgan fingerprint density at radius 1 is 0.980 bits per heavy atom. The van der Waals surface area contributed by atoms with Gasteiger partial charge in [0.05, 0.1) is 12.0 Å². The summed E-state index contributed by atoms with van der Waals surface area (Å²) < 4.78 is 75.0. The molecule has 0 aliphatic heterocycles. The normalized spacial score (nSPS) is 14.3. The summed E-state index contributed by atoms with van der Waals surface area (Å²) in [5.41, 5.74) is 1.97. The van der Waals surface area contributed by atoms with Gasteiger partial charge in [-0.15, -0.1) is 0 Å².